The highest BCUT2D eigenvalue weighted by Crippen LogP contribution is 2.37. The van der Waals surface area contributed by atoms with Crippen molar-refractivity contribution in [2.24, 2.45) is 5.92 Å². The van der Waals surface area contributed by atoms with Gasteiger partial charge in [0.1, 0.15) is 0 Å². The van der Waals surface area contributed by atoms with E-state index in [0.29, 0.717) is 12.0 Å². The summed E-state index contributed by atoms with van der Waals surface area (Å²) in [6.45, 7) is 2.23. The van der Waals surface area contributed by atoms with E-state index < -0.39 is 0 Å². The van der Waals surface area contributed by atoms with Gasteiger partial charge in [-0.1, -0.05) is 31.9 Å². The van der Waals surface area contributed by atoms with E-state index in [-0.39, 0.29) is 23.5 Å². The Balaban J connectivity index is 1.64. The monoisotopic (exact) mass is 332 g/mol. The summed E-state index contributed by atoms with van der Waals surface area (Å²) in [6, 6.07) is 8.07. The van der Waals surface area contributed by atoms with Crippen LogP contribution < -0.4 is 5.32 Å². The van der Waals surface area contributed by atoms with Gasteiger partial charge in [0.15, 0.2) is 0 Å². The van der Waals surface area contributed by atoms with Crippen LogP contribution in [0.5, 0.6) is 0 Å². The Morgan fingerprint density at radius 1 is 1.30 bits per heavy atom. The van der Waals surface area contributed by atoms with Gasteiger partial charge in [0.25, 0.3) is 0 Å². The normalized spacial score (nSPS) is 27.0. The summed E-state index contributed by atoms with van der Waals surface area (Å²) in [4.78, 5) is 27.8. The minimum atomic E-state index is -0.334. The Bertz CT molecular complexity index is 604. The van der Waals surface area contributed by atoms with E-state index >= 15 is 0 Å². The maximum Gasteiger partial charge on any atom is 0.238 e. The van der Waals surface area contributed by atoms with Crippen LogP contribution in [-0.4, -0.2) is 35.1 Å². The minimum Gasteiger partial charge on any atom is -0.342 e. The second kappa shape index (κ2) is 6.95. The van der Waals surface area contributed by atoms with Crippen LogP contribution in [0.15, 0.2) is 29.2 Å². The highest BCUT2D eigenvalue weighted by molar-refractivity contribution is 8.01. The molecule has 1 aliphatic carbocycles. The molecule has 124 valence electrons. The van der Waals surface area contributed by atoms with Crippen molar-refractivity contribution in [2.75, 3.05) is 12.4 Å². The summed E-state index contributed by atoms with van der Waals surface area (Å²) >= 11 is 1.50. The topological polar surface area (TPSA) is 49.4 Å². The molecule has 1 heterocycles. The summed E-state index contributed by atoms with van der Waals surface area (Å²) in [5.74, 6) is 0.564. The lowest BCUT2D eigenvalue weighted by Gasteiger charge is -2.37. The summed E-state index contributed by atoms with van der Waals surface area (Å²) in [7, 11) is 1.90. The Hall–Kier alpha value is -1.49. The predicted octanol–water partition coefficient (Wildman–Crippen LogP) is 3.53. The Labute approximate surface area is 142 Å². The van der Waals surface area contributed by atoms with Crippen molar-refractivity contribution in [1.29, 1.82) is 0 Å². The standard InChI is InChI=1S/C18H24N2O2S/c1-12-7-3-5-9-14(12)20(2)17(21)11-16-18(22)19-13-8-4-6-10-15(13)23-16/h4,6,8,10,12,14,16H,3,5,7,9,11H2,1-2H3,(H,19,22). The van der Waals surface area contributed by atoms with Gasteiger partial charge in [0.05, 0.1) is 10.9 Å². The number of nitrogens with zero attached hydrogens (tertiary/aromatic N) is 1. The fourth-order valence-corrected chi connectivity index (χ4v) is 4.69. The van der Waals surface area contributed by atoms with Crippen LogP contribution in [0.1, 0.15) is 39.0 Å². The van der Waals surface area contributed by atoms with Gasteiger partial charge < -0.3 is 10.2 Å². The second-order valence-corrected chi connectivity index (χ2v) is 7.87. The molecule has 1 fully saturated rings. The molecule has 5 heteroatoms. The third-order valence-corrected chi connectivity index (χ3v) is 6.30. The molecule has 0 aromatic heterocycles. The average Bonchev–Trinajstić information content (AvgIpc) is 2.55. The zero-order valence-electron chi connectivity index (χ0n) is 13.7. The van der Waals surface area contributed by atoms with Crippen LogP contribution in [-0.2, 0) is 9.59 Å². The van der Waals surface area contributed by atoms with Gasteiger partial charge >= 0.3 is 0 Å². The number of benzene rings is 1. The van der Waals surface area contributed by atoms with Crippen molar-refractivity contribution in [3.05, 3.63) is 24.3 Å². The van der Waals surface area contributed by atoms with Crippen molar-refractivity contribution >= 4 is 29.3 Å². The van der Waals surface area contributed by atoms with E-state index in [1.807, 2.05) is 36.2 Å². The lowest BCUT2D eigenvalue weighted by molar-refractivity contribution is -0.134. The molecule has 0 bridgehead atoms. The maximum atomic E-state index is 12.6. The molecule has 3 rings (SSSR count). The number of hydrogen-bond acceptors (Lipinski definition) is 3. The molecular formula is C18H24N2O2S. The molecule has 2 amide bonds. The third kappa shape index (κ3) is 3.55. The first-order chi connectivity index (χ1) is 11.1. The summed E-state index contributed by atoms with van der Waals surface area (Å²) in [5.41, 5.74) is 0.848. The van der Waals surface area contributed by atoms with E-state index in [1.165, 1.54) is 31.0 Å². The summed E-state index contributed by atoms with van der Waals surface area (Å²) in [5, 5.41) is 2.58. The van der Waals surface area contributed by atoms with Gasteiger partial charge in [0.2, 0.25) is 11.8 Å². The van der Waals surface area contributed by atoms with Gasteiger partial charge in [0, 0.05) is 24.4 Å². The lowest BCUT2D eigenvalue weighted by atomic mass is 9.85. The molecule has 0 saturated heterocycles. The molecule has 0 radical (unpaired) electrons. The molecule has 4 nitrogen and oxygen atoms in total. The van der Waals surface area contributed by atoms with E-state index in [0.717, 1.165) is 17.0 Å². The van der Waals surface area contributed by atoms with Gasteiger partial charge in [-0.15, -0.1) is 11.8 Å². The number of hydrogen-bond donors (Lipinski definition) is 1. The minimum absolute atomic E-state index is 0.0628. The second-order valence-electron chi connectivity index (χ2n) is 6.63. The average molecular weight is 332 g/mol. The van der Waals surface area contributed by atoms with Crippen molar-refractivity contribution < 1.29 is 9.59 Å². The van der Waals surface area contributed by atoms with E-state index in [4.69, 9.17) is 0 Å². The first kappa shape index (κ1) is 16.4. The zero-order chi connectivity index (χ0) is 16.4. The number of amides is 2. The maximum absolute atomic E-state index is 12.6. The fourth-order valence-electron chi connectivity index (χ4n) is 3.59. The van der Waals surface area contributed by atoms with Crippen molar-refractivity contribution in [3.63, 3.8) is 0 Å². The SMILES string of the molecule is CC1CCCCC1N(C)C(=O)CC1Sc2ccccc2NC1=O. The van der Waals surface area contributed by atoms with Crippen LogP contribution in [0.25, 0.3) is 0 Å². The lowest BCUT2D eigenvalue weighted by Crippen LogP contribution is -2.44. The first-order valence-electron chi connectivity index (χ1n) is 8.38. The Morgan fingerprint density at radius 2 is 2.04 bits per heavy atom. The number of nitrogens with one attached hydrogen (secondary N) is 1. The molecule has 1 aromatic carbocycles. The van der Waals surface area contributed by atoms with Crippen molar-refractivity contribution in [1.82, 2.24) is 4.90 Å². The molecule has 2 aliphatic rings. The van der Waals surface area contributed by atoms with Crippen LogP contribution in [0, 0.1) is 5.92 Å². The number of carbonyl (C=O) groups is 2. The molecule has 0 spiro atoms. The first-order valence-corrected chi connectivity index (χ1v) is 9.26. The van der Waals surface area contributed by atoms with Crippen molar-refractivity contribution in [3.8, 4) is 0 Å². The Kier molecular flexibility index (Phi) is 4.95. The van der Waals surface area contributed by atoms with E-state index in [1.54, 1.807) is 0 Å². The van der Waals surface area contributed by atoms with Gasteiger partial charge in [-0.25, -0.2) is 0 Å². The van der Waals surface area contributed by atoms with Crippen LogP contribution >= 0.6 is 11.8 Å². The van der Waals surface area contributed by atoms with Crippen LogP contribution in [0.4, 0.5) is 5.69 Å². The van der Waals surface area contributed by atoms with Gasteiger partial charge in [-0.3, -0.25) is 9.59 Å². The number of fused-ring (bicyclic) bond motifs is 1. The molecule has 1 aromatic rings. The molecule has 1 aliphatic heterocycles. The fraction of sp³-hybridized carbons (Fsp3) is 0.556. The number of thioether (sulfide) groups is 1. The number of para-hydroxylation sites is 1. The van der Waals surface area contributed by atoms with E-state index in [9.17, 15) is 9.59 Å². The molecular weight excluding hydrogens is 308 g/mol. The highest BCUT2D eigenvalue weighted by atomic mass is 32.2. The largest absolute Gasteiger partial charge is 0.342 e. The van der Waals surface area contributed by atoms with Gasteiger partial charge in [-0.2, -0.15) is 0 Å². The number of anilines is 1. The molecule has 1 N–H and O–H groups in total. The molecule has 1 saturated carbocycles. The quantitative estimate of drug-likeness (QED) is 0.921. The zero-order valence-corrected chi connectivity index (χ0v) is 14.6. The highest BCUT2D eigenvalue weighted by Gasteiger charge is 2.33. The summed E-state index contributed by atoms with van der Waals surface area (Å²) < 4.78 is 0. The molecule has 23 heavy (non-hydrogen) atoms. The van der Waals surface area contributed by atoms with Gasteiger partial charge in [-0.05, 0) is 30.9 Å². The van der Waals surface area contributed by atoms with Crippen molar-refractivity contribution in [2.45, 2.75) is 55.2 Å². The molecule has 3 atom stereocenters. The molecule has 3 unspecified atom stereocenters. The predicted molar refractivity (Wildman–Crippen MR) is 93.5 cm³/mol. The van der Waals surface area contributed by atoms with Crippen LogP contribution in [0.3, 0.4) is 0 Å². The van der Waals surface area contributed by atoms with Crippen LogP contribution in [0.2, 0.25) is 0 Å². The van der Waals surface area contributed by atoms with E-state index in [2.05, 4.69) is 12.2 Å². The Morgan fingerprint density at radius 3 is 2.83 bits per heavy atom. The smallest absolute Gasteiger partial charge is 0.238 e. The number of carbonyl (C=O) groups excluding carboxylic acids is 2. The number of rotatable bonds is 3. The third-order valence-electron chi connectivity index (χ3n) is 5.02. The summed E-state index contributed by atoms with van der Waals surface area (Å²) in [6.07, 6.45) is 4.99.